The summed E-state index contributed by atoms with van der Waals surface area (Å²) in [5.74, 6) is -0.348. The molecule has 1 fully saturated rings. The number of rotatable bonds is 5. The Morgan fingerprint density at radius 2 is 1.83 bits per heavy atom. The number of nitrogens with one attached hydrogen (secondary N) is 2. The van der Waals surface area contributed by atoms with Gasteiger partial charge in [-0.1, -0.05) is 24.2 Å². The molecule has 7 nitrogen and oxygen atoms in total. The fraction of sp³-hybridized carbons (Fsp3) is 0.400. The van der Waals surface area contributed by atoms with E-state index >= 15 is 0 Å². The van der Waals surface area contributed by atoms with Crippen molar-refractivity contribution in [3.63, 3.8) is 0 Å². The van der Waals surface area contributed by atoms with Crippen molar-refractivity contribution in [1.82, 2.24) is 14.9 Å². The first-order chi connectivity index (χ1) is 11.4. The van der Waals surface area contributed by atoms with Crippen LogP contribution in [0.15, 0.2) is 29.2 Å². The van der Waals surface area contributed by atoms with Gasteiger partial charge in [0.15, 0.2) is 0 Å². The summed E-state index contributed by atoms with van der Waals surface area (Å²) in [4.78, 5) is 12.3. The molecule has 2 aromatic rings. The van der Waals surface area contributed by atoms with Gasteiger partial charge in [0.1, 0.15) is 5.01 Å². The number of amides is 1. The highest BCUT2D eigenvalue weighted by Crippen LogP contribution is 2.21. The molecule has 1 heterocycles. The number of aryl methyl sites for hydroxylation is 1. The summed E-state index contributed by atoms with van der Waals surface area (Å²) in [5, 5.41) is 11.5. The average molecular weight is 366 g/mol. The van der Waals surface area contributed by atoms with Gasteiger partial charge in [-0.2, -0.15) is 0 Å². The molecule has 1 aliphatic rings. The predicted molar refractivity (Wildman–Crippen MR) is 91.6 cm³/mol. The molecule has 0 unspecified atom stereocenters. The highest BCUT2D eigenvalue weighted by molar-refractivity contribution is 7.89. The summed E-state index contributed by atoms with van der Waals surface area (Å²) in [6.07, 6.45) is 3.86. The van der Waals surface area contributed by atoms with E-state index in [9.17, 15) is 13.2 Å². The van der Waals surface area contributed by atoms with Crippen LogP contribution in [0.2, 0.25) is 0 Å². The molecule has 0 bridgehead atoms. The van der Waals surface area contributed by atoms with Crippen LogP contribution < -0.4 is 10.0 Å². The van der Waals surface area contributed by atoms with Crippen molar-refractivity contribution in [3.05, 3.63) is 34.8 Å². The molecule has 1 saturated carbocycles. The first kappa shape index (κ1) is 17.0. The topological polar surface area (TPSA) is 101 Å². The Kier molecular flexibility index (Phi) is 4.93. The maximum Gasteiger partial charge on any atom is 0.257 e. The van der Waals surface area contributed by atoms with Gasteiger partial charge < -0.3 is 0 Å². The van der Waals surface area contributed by atoms with Crippen LogP contribution in [0.25, 0.3) is 0 Å². The number of benzene rings is 1. The zero-order chi connectivity index (χ0) is 17.2. The second-order valence-electron chi connectivity index (χ2n) is 5.71. The number of nitrogens with zero attached hydrogens (tertiary/aromatic N) is 2. The lowest BCUT2D eigenvalue weighted by molar-refractivity contribution is 0.102. The van der Waals surface area contributed by atoms with Crippen LogP contribution >= 0.6 is 11.3 Å². The Bertz CT molecular complexity index is 825. The number of carbonyl (C=O) groups excluding carboxylic acids is 1. The van der Waals surface area contributed by atoms with Crippen LogP contribution in [0.4, 0.5) is 5.13 Å². The summed E-state index contributed by atoms with van der Waals surface area (Å²) >= 11 is 1.28. The molecule has 9 heteroatoms. The second kappa shape index (κ2) is 6.96. The maximum absolute atomic E-state index is 12.3. The van der Waals surface area contributed by atoms with E-state index in [2.05, 4.69) is 20.2 Å². The molecule has 0 radical (unpaired) electrons. The van der Waals surface area contributed by atoms with Crippen molar-refractivity contribution in [3.8, 4) is 0 Å². The SMILES string of the molecule is Cc1nnc(NC(=O)c2ccc(S(=O)(=O)NC3CCCC3)cc2)s1. The van der Waals surface area contributed by atoms with Gasteiger partial charge >= 0.3 is 0 Å². The summed E-state index contributed by atoms with van der Waals surface area (Å²) in [5.41, 5.74) is 0.364. The highest BCUT2D eigenvalue weighted by atomic mass is 32.2. The van der Waals surface area contributed by atoms with Crippen LogP contribution in [0.3, 0.4) is 0 Å². The molecule has 24 heavy (non-hydrogen) atoms. The second-order valence-corrected chi connectivity index (χ2v) is 8.60. The number of hydrogen-bond donors (Lipinski definition) is 2. The maximum atomic E-state index is 12.3. The van der Waals surface area contributed by atoms with Crippen LogP contribution in [0.1, 0.15) is 41.0 Å². The van der Waals surface area contributed by atoms with E-state index in [0.717, 1.165) is 30.7 Å². The van der Waals surface area contributed by atoms with E-state index in [1.807, 2.05) is 0 Å². The number of anilines is 1. The number of carbonyl (C=O) groups is 1. The lowest BCUT2D eigenvalue weighted by Gasteiger charge is -2.12. The van der Waals surface area contributed by atoms with Gasteiger partial charge in [0.2, 0.25) is 15.2 Å². The molecule has 0 saturated heterocycles. The predicted octanol–water partition coefficient (Wildman–Crippen LogP) is 2.32. The molecule has 1 aliphatic carbocycles. The average Bonchev–Trinajstić information content (AvgIpc) is 3.19. The van der Waals surface area contributed by atoms with E-state index < -0.39 is 10.0 Å². The lowest BCUT2D eigenvalue weighted by Crippen LogP contribution is -2.32. The monoisotopic (exact) mass is 366 g/mol. The molecule has 0 atom stereocenters. The third-order valence-corrected chi connectivity index (χ3v) is 6.14. The molecular formula is C15H18N4O3S2. The van der Waals surface area contributed by atoms with Gasteiger partial charge in [0.05, 0.1) is 4.90 Å². The Morgan fingerprint density at radius 3 is 2.42 bits per heavy atom. The van der Waals surface area contributed by atoms with Crippen molar-refractivity contribution >= 4 is 32.4 Å². The minimum Gasteiger partial charge on any atom is -0.296 e. The molecule has 0 spiro atoms. The Labute approximate surface area is 144 Å². The standard InChI is InChI=1S/C15H18N4O3S2/c1-10-17-18-15(23-10)16-14(20)11-6-8-13(9-7-11)24(21,22)19-12-4-2-3-5-12/h6-9,12,19H,2-5H2,1H3,(H,16,18,20). The fourth-order valence-corrected chi connectivity index (χ4v) is 4.52. The first-order valence-corrected chi connectivity index (χ1v) is 9.98. The Balaban J connectivity index is 1.69. The van der Waals surface area contributed by atoms with E-state index in [1.54, 1.807) is 6.92 Å². The van der Waals surface area contributed by atoms with Crippen molar-refractivity contribution in [1.29, 1.82) is 0 Å². The van der Waals surface area contributed by atoms with Crippen LogP contribution in [0.5, 0.6) is 0 Å². The summed E-state index contributed by atoms with van der Waals surface area (Å²) < 4.78 is 27.4. The third-order valence-electron chi connectivity index (χ3n) is 3.85. The summed E-state index contributed by atoms with van der Waals surface area (Å²) in [7, 11) is -3.54. The molecular weight excluding hydrogens is 348 g/mol. The summed E-state index contributed by atoms with van der Waals surface area (Å²) in [6, 6.07) is 5.88. The third kappa shape index (κ3) is 3.97. The van der Waals surface area contributed by atoms with Crippen molar-refractivity contribution in [2.45, 2.75) is 43.5 Å². The molecule has 0 aliphatic heterocycles. The fourth-order valence-electron chi connectivity index (χ4n) is 2.63. The van der Waals surface area contributed by atoms with E-state index in [0.29, 0.717) is 10.7 Å². The summed E-state index contributed by atoms with van der Waals surface area (Å²) in [6.45, 7) is 1.80. The van der Waals surface area contributed by atoms with Crippen LogP contribution in [-0.4, -0.2) is 30.6 Å². The molecule has 1 aromatic heterocycles. The number of sulfonamides is 1. The molecule has 1 amide bonds. The quantitative estimate of drug-likeness (QED) is 0.846. The van der Waals surface area contributed by atoms with Gasteiger partial charge in [-0.05, 0) is 44.0 Å². The van der Waals surface area contributed by atoms with Gasteiger partial charge in [0.25, 0.3) is 5.91 Å². The van der Waals surface area contributed by atoms with Gasteiger partial charge in [-0.3, -0.25) is 10.1 Å². The normalized spacial score (nSPS) is 15.5. The number of hydrogen-bond acceptors (Lipinski definition) is 6. The Morgan fingerprint density at radius 1 is 1.17 bits per heavy atom. The van der Waals surface area contributed by atoms with Crippen molar-refractivity contribution in [2.24, 2.45) is 0 Å². The van der Waals surface area contributed by atoms with Gasteiger partial charge in [0, 0.05) is 11.6 Å². The molecule has 3 rings (SSSR count). The van der Waals surface area contributed by atoms with Gasteiger partial charge in [-0.15, -0.1) is 10.2 Å². The van der Waals surface area contributed by atoms with Crippen molar-refractivity contribution in [2.75, 3.05) is 5.32 Å². The van der Waals surface area contributed by atoms with Crippen LogP contribution in [-0.2, 0) is 10.0 Å². The Hall–Kier alpha value is -1.84. The van der Waals surface area contributed by atoms with Gasteiger partial charge in [-0.25, -0.2) is 13.1 Å². The van der Waals surface area contributed by atoms with E-state index in [-0.39, 0.29) is 16.8 Å². The van der Waals surface area contributed by atoms with E-state index in [4.69, 9.17) is 0 Å². The van der Waals surface area contributed by atoms with Crippen LogP contribution in [0, 0.1) is 6.92 Å². The lowest BCUT2D eigenvalue weighted by atomic mass is 10.2. The van der Waals surface area contributed by atoms with Crippen molar-refractivity contribution < 1.29 is 13.2 Å². The highest BCUT2D eigenvalue weighted by Gasteiger charge is 2.23. The van der Waals surface area contributed by atoms with E-state index in [1.165, 1.54) is 35.6 Å². The number of aromatic nitrogens is 2. The minimum absolute atomic E-state index is 0.0126. The largest absolute Gasteiger partial charge is 0.296 e. The zero-order valence-electron chi connectivity index (χ0n) is 13.2. The molecule has 2 N–H and O–H groups in total. The minimum atomic E-state index is -3.54. The molecule has 128 valence electrons. The zero-order valence-corrected chi connectivity index (χ0v) is 14.8. The smallest absolute Gasteiger partial charge is 0.257 e. The first-order valence-electron chi connectivity index (χ1n) is 7.68. The molecule has 1 aromatic carbocycles.